The van der Waals surface area contributed by atoms with E-state index >= 15 is 0 Å². The first-order chi connectivity index (χ1) is 9.76. The van der Waals surface area contributed by atoms with Crippen LogP contribution in [0, 0.1) is 13.8 Å². The summed E-state index contributed by atoms with van der Waals surface area (Å²) in [6.07, 6.45) is 0. The van der Waals surface area contributed by atoms with Crippen molar-refractivity contribution in [2.45, 2.75) is 26.1 Å². The molecular weight excluding hydrogens is 288 g/mol. The van der Waals surface area contributed by atoms with Gasteiger partial charge in [0, 0.05) is 30.5 Å². The molecule has 0 atom stereocenters. The minimum Gasteiger partial charge on any atom is -0.381 e. The van der Waals surface area contributed by atoms with Crippen molar-refractivity contribution in [3.8, 4) is 0 Å². The Kier molecular flexibility index (Phi) is 4.34. The molecule has 114 valence electrons. The Morgan fingerprint density at radius 2 is 1.86 bits per heavy atom. The van der Waals surface area contributed by atoms with Gasteiger partial charge < -0.3 is 5.32 Å². The fraction of sp³-hybridized carbons (Fsp3) is 0.357. The molecule has 0 bridgehead atoms. The molecule has 0 saturated carbocycles. The minimum atomic E-state index is -3.49. The molecule has 0 aliphatic heterocycles. The molecule has 0 spiro atoms. The quantitative estimate of drug-likeness (QED) is 0.874. The summed E-state index contributed by atoms with van der Waals surface area (Å²) in [4.78, 5) is 0. The first-order valence-corrected chi connectivity index (χ1v) is 8.30. The molecule has 0 unspecified atom stereocenters. The number of nitrogens with one attached hydrogen (secondary N) is 1. The Balaban J connectivity index is 2.04. The van der Waals surface area contributed by atoms with Crippen LogP contribution in [-0.4, -0.2) is 18.2 Å². The third kappa shape index (κ3) is 4.05. The van der Waals surface area contributed by atoms with E-state index < -0.39 is 10.0 Å². The third-order valence-corrected chi connectivity index (χ3v) is 4.19. The van der Waals surface area contributed by atoms with E-state index in [1.165, 1.54) is 5.56 Å². The third-order valence-electron chi connectivity index (χ3n) is 3.45. The summed E-state index contributed by atoms with van der Waals surface area (Å²) in [5.74, 6) is -0.145. The normalized spacial score (nSPS) is 11.6. The molecule has 1 aromatic carbocycles. The van der Waals surface area contributed by atoms with Crippen LogP contribution in [-0.2, 0) is 29.4 Å². The van der Waals surface area contributed by atoms with Gasteiger partial charge in [0.25, 0.3) is 0 Å². The first-order valence-electron chi connectivity index (χ1n) is 6.58. The van der Waals surface area contributed by atoms with Crippen LogP contribution < -0.4 is 10.5 Å². The van der Waals surface area contributed by atoms with Gasteiger partial charge in [-0.05, 0) is 31.5 Å². The molecule has 7 heteroatoms. The van der Waals surface area contributed by atoms with Gasteiger partial charge in [0.1, 0.15) is 0 Å². The van der Waals surface area contributed by atoms with Crippen LogP contribution in [0.2, 0.25) is 0 Å². The number of primary sulfonamides is 1. The highest BCUT2D eigenvalue weighted by Gasteiger charge is 2.09. The van der Waals surface area contributed by atoms with Crippen molar-refractivity contribution < 1.29 is 8.42 Å². The lowest BCUT2D eigenvalue weighted by atomic mass is 10.2. The van der Waals surface area contributed by atoms with Gasteiger partial charge in [-0.15, -0.1) is 0 Å². The van der Waals surface area contributed by atoms with Crippen LogP contribution in [0.1, 0.15) is 22.5 Å². The van der Waals surface area contributed by atoms with Crippen molar-refractivity contribution in [3.05, 3.63) is 46.8 Å². The number of hydrogen-bond acceptors (Lipinski definition) is 4. The van der Waals surface area contributed by atoms with Crippen molar-refractivity contribution in [1.82, 2.24) is 9.78 Å². The number of rotatable bonds is 5. The topological polar surface area (TPSA) is 90.0 Å². The Morgan fingerprint density at radius 3 is 2.33 bits per heavy atom. The van der Waals surface area contributed by atoms with Crippen molar-refractivity contribution in [3.63, 3.8) is 0 Å². The Labute approximate surface area is 125 Å². The number of aromatic nitrogens is 2. The highest BCUT2D eigenvalue weighted by atomic mass is 32.2. The predicted octanol–water partition coefficient (Wildman–Crippen LogP) is 1.44. The Morgan fingerprint density at radius 1 is 1.24 bits per heavy atom. The second-order valence-electron chi connectivity index (χ2n) is 5.13. The molecule has 0 aliphatic carbocycles. The molecule has 2 aromatic rings. The fourth-order valence-electron chi connectivity index (χ4n) is 2.21. The van der Waals surface area contributed by atoms with Crippen molar-refractivity contribution in [2.24, 2.45) is 12.2 Å². The maximum Gasteiger partial charge on any atom is 0.213 e. The standard InChI is InChI=1S/C14H20N4O2S/c1-10-14(11(2)18(3)17-10)8-16-13-6-4-12(5-7-13)9-21(15,19)20/h4-7,16H,8-9H2,1-3H3,(H2,15,19,20). The zero-order valence-corrected chi connectivity index (χ0v) is 13.2. The molecule has 21 heavy (non-hydrogen) atoms. The van der Waals surface area contributed by atoms with Gasteiger partial charge in [-0.3, -0.25) is 4.68 Å². The molecule has 1 heterocycles. The van der Waals surface area contributed by atoms with Gasteiger partial charge in [0.15, 0.2) is 0 Å². The van der Waals surface area contributed by atoms with E-state index in [-0.39, 0.29) is 5.75 Å². The van der Waals surface area contributed by atoms with Gasteiger partial charge in [0.2, 0.25) is 10.0 Å². The zero-order valence-electron chi connectivity index (χ0n) is 12.4. The van der Waals surface area contributed by atoms with Crippen LogP contribution in [0.25, 0.3) is 0 Å². The molecule has 0 aliphatic rings. The van der Waals surface area contributed by atoms with E-state index in [9.17, 15) is 8.42 Å². The molecule has 0 saturated heterocycles. The maximum absolute atomic E-state index is 11.0. The maximum atomic E-state index is 11.0. The highest BCUT2D eigenvalue weighted by molar-refractivity contribution is 7.88. The molecule has 0 amide bonds. The van der Waals surface area contributed by atoms with E-state index in [1.54, 1.807) is 12.1 Å². The summed E-state index contributed by atoms with van der Waals surface area (Å²) in [6.45, 7) is 4.70. The number of aryl methyl sites for hydroxylation is 2. The van der Waals surface area contributed by atoms with Gasteiger partial charge in [-0.1, -0.05) is 12.1 Å². The SMILES string of the molecule is Cc1nn(C)c(C)c1CNc1ccc(CS(N)(=O)=O)cc1. The van der Waals surface area contributed by atoms with Crippen molar-refractivity contribution in [2.75, 3.05) is 5.32 Å². The lowest BCUT2D eigenvalue weighted by molar-refractivity contribution is 0.597. The van der Waals surface area contributed by atoms with Crippen LogP contribution in [0.3, 0.4) is 0 Å². The van der Waals surface area contributed by atoms with Gasteiger partial charge >= 0.3 is 0 Å². The van der Waals surface area contributed by atoms with E-state index in [2.05, 4.69) is 10.4 Å². The minimum absolute atomic E-state index is 0.145. The van der Waals surface area contributed by atoms with E-state index in [0.29, 0.717) is 12.1 Å². The molecular formula is C14H20N4O2S. The lowest BCUT2D eigenvalue weighted by Crippen LogP contribution is -2.14. The second-order valence-corrected chi connectivity index (χ2v) is 6.75. The van der Waals surface area contributed by atoms with Crippen LogP contribution in [0.4, 0.5) is 5.69 Å². The average Bonchev–Trinajstić information content (AvgIpc) is 2.61. The lowest BCUT2D eigenvalue weighted by Gasteiger charge is -2.08. The summed E-state index contributed by atoms with van der Waals surface area (Å²) in [5, 5.41) is 12.7. The smallest absolute Gasteiger partial charge is 0.213 e. The number of nitrogens with two attached hydrogens (primary N) is 1. The highest BCUT2D eigenvalue weighted by Crippen LogP contribution is 2.16. The Bertz CT molecular complexity index is 733. The average molecular weight is 308 g/mol. The molecule has 2 rings (SSSR count). The van der Waals surface area contributed by atoms with Crippen molar-refractivity contribution in [1.29, 1.82) is 0 Å². The number of hydrogen-bond donors (Lipinski definition) is 2. The van der Waals surface area contributed by atoms with Crippen LogP contribution in [0.15, 0.2) is 24.3 Å². The fourth-order valence-corrected chi connectivity index (χ4v) is 2.87. The predicted molar refractivity (Wildman–Crippen MR) is 83.3 cm³/mol. The van der Waals surface area contributed by atoms with Crippen LogP contribution in [0.5, 0.6) is 0 Å². The first kappa shape index (κ1) is 15.5. The Hall–Kier alpha value is -1.86. The zero-order chi connectivity index (χ0) is 15.6. The van der Waals surface area contributed by atoms with Crippen molar-refractivity contribution >= 4 is 15.7 Å². The number of nitrogens with zero attached hydrogens (tertiary/aromatic N) is 2. The largest absolute Gasteiger partial charge is 0.381 e. The monoisotopic (exact) mass is 308 g/mol. The summed E-state index contributed by atoms with van der Waals surface area (Å²) in [6, 6.07) is 7.22. The van der Waals surface area contributed by atoms with Gasteiger partial charge in [0.05, 0.1) is 11.4 Å². The van der Waals surface area contributed by atoms with Gasteiger partial charge in [-0.2, -0.15) is 5.10 Å². The molecule has 6 nitrogen and oxygen atoms in total. The summed E-state index contributed by atoms with van der Waals surface area (Å²) >= 11 is 0. The van der Waals surface area contributed by atoms with E-state index in [1.807, 2.05) is 37.7 Å². The molecule has 3 N–H and O–H groups in total. The summed E-state index contributed by atoms with van der Waals surface area (Å²) < 4.78 is 23.9. The summed E-state index contributed by atoms with van der Waals surface area (Å²) in [5.41, 5.74) is 4.91. The van der Waals surface area contributed by atoms with Gasteiger partial charge in [-0.25, -0.2) is 13.6 Å². The number of anilines is 1. The molecule has 0 radical (unpaired) electrons. The van der Waals surface area contributed by atoms with Crippen LogP contribution >= 0.6 is 0 Å². The molecule has 1 aromatic heterocycles. The summed E-state index contributed by atoms with van der Waals surface area (Å²) in [7, 11) is -1.56. The number of sulfonamides is 1. The van der Waals surface area contributed by atoms with E-state index in [4.69, 9.17) is 5.14 Å². The molecule has 0 fully saturated rings. The van der Waals surface area contributed by atoms with E-state index in [0.717, 1.165) is 17.1 Å². The second kappa shape index (κ2) is 5.87. The number of benzene rings is 1.